The van der Waals surface area contributed by atoms with Crippen LogP contribution in [0.15, 0.2) is 53.9 Å². The van der Waals surface area contributed by atoms with E-state index >= 15 is 0 Å². The minimum atomic E-state index is -0.185. The standard InChI is InChI=1S/C17H18N6O2S/c1-2-25-14-6-4-3-5-13(14)20-15(24)11-26-17-22-21-16(23(17)18)12-7-9-19-10-8-12/h3-10H,2,11,18H2,1H3,(H,20,24). The lowest BCUT2D eigenvalue weighted by Crippen LogP contribution is -2.17. The Morgan fingerprint density at radius 2 is 2.00 bits per heavy atom. The maximum Gasteiger partial charge on any atom is 0.234 e. The van der Waals surface area contributed by atoms with Crippen LogP contribution in [0.5, 0.6) is 5.75 Å². The normalized spacial score (nSPS) is 10.5. The summed E-state index contributed by atoms with van der Waals surface area (Å²) in [6, 6.07) is 10.9. The number of rotatable bonds is 7. The number of amides is 1. The summed E-state index contributed by atoms with van der Waals surface area (Å²) < 4.78 is 6.86. The van der Waals surface area contributed by atoms with Crippen LogP contribution in [0.3, 0.4) is 0 Å². The summed E-state index contributed by atoms with van der Waals surface area (Å²) in [5.41, 5.74) is 1.43. The second-order valence-electron chi connectivity index (χ2n) is 5.18. The molecule has 0 fully saturated rings. The van der Waals surface area contributed by atoms with Crippen LogP contribution < -0.4 is 15.9 Å². The second kappa shape index (κ2) is 8.34. The summed E-state index contributed by atoms with van der Waals surface area (Å²) in [7, 11) is 0. The largest absolute Gasteiger partial charge is 0.492 e. The zero-order valence-corrected chi connectivity index (χ0v) is 14.9. The van der Waals surface area contributed by atoms with Crippen molar-refractivity contribution < 1.29 is 9.53 Å². The van der Waals surface area contributed by atoms with E-state index in [1.165, 1.54) is 16.4 Å². The van der Waals surface area contributed by atoms with E-state index in [0.717, 1.165) is 5.56 Å². The van der Waals surface area contributed by atoms with Gasteiger partial charge in [0, 0.05) is 18.0 Å². The third-order valence-electron chi connectivity index (χ3n) is 3.40. The van der Waals surface area contributed by atoms with Crippen LogP contribution in [-0.2, 0) is 4.79 Å². The molecule has 0 spiro atoms. The van der Waals surface area contributed by atoms with E-state index < -0.39 is 0 Å². The highest BCUT2D eigenvalue weighted by molar-refractivity contribution is 7.99. The first-order valence-electron chi connectivity index (χ1n) is 7.94. The molecular formula is C17H18N6O2S. The van der Waals surface area contributed by atoms with Crippen LogP contribution in [0.2, 0.25) is 0 Å². The van der Waals surface area contributed by atoms with Crippen molar-refractivity contribution in [3.05, 3.63) is 48.8 Å². The summed E-state index contributed by atoms with van der Waals surface area (Å²) >= 11 is 1.20. The molecule has 2 aromatic heterocycles. The van der Waals surface area contributed by atoms with Gasteiger partial charge < -0.3 is 15.9 Å². The van der Waals surface area contributed by atoms with Gasteiger partial charge in [0.25, 0.3) is 0 Å². The van der Waals surface area contributed by atoms with Crippen LogP contribution in [0.1, 0.15) is 6.92 Å². The molecule has 0 saturated heterocycles. The summed E-state index contributed by atoms with van der Waals surface area (Å²) in [5.74, 6) is 7.14. The first-order chi connectivity index (χ1) is 12.7. The van der Waals surface area contributed by atoms with E-state index in [2.05, 4.69) is 20.5 Å². The number of hydrogen-bond acceptors (Lipinski definition) is 7. The predicted molar refractivity (Wildman–Crippen MR) is 100 cm³/mol. The molecule has 8 nitrogen and oxygen atoms in total. The number of aromatic nitrogens is 4. The molecular weight excluding hydrogens is 352 g/mol. The summed E-state index contributed by atoms with van der Waals surface area (Å²) in [6.45, 7) is 2.42. The molecule has 1 aromatic carbocycles. The SMILES string of the molecule is CCOc1ccccc1NC(=O)CSc1nnc(-c2ccncc2)n1N. The van der Waals surface area contributed by atoms with Crippen LogP contribution in [0, 0.1) is 0 Å². The molecule has 0 aliphatic heterocycles. The van der Waals surface area contributed by atoms with Gasteiger partial charge in [0.2, 0.25) is 11.1 Å². The zero-order chi connectivity index (χ0) is 18.4. The minimum absolute atomic E-state index is 0.145. The Bertz CT molecular complexity index is 884. The molecule has 0 aliphatic carbocycles. The van der Waals surface area contributed by atoms with Gasteiger partial charge in [0.15, 0.2) is 5.82 Å². The Morgan fingerprint density at radius 1 is 1.23 bits per heavy atom. The Hall–Kier alpha value is -3.07. The molecule has 0 aliphatic rings. The van der Waals surface area contributed by atoms with E-state index in [9.17, 15) is 4.79 Å². The lowest BCUT2D eigenvalue weighted by atomic mass is 10.2. The summed E-state index contributed by atoms with van der Waals surface area (Å²) in [5, 5.41) is 11.4. The number of carbonyl (C=O) groups excluding carboxylic acids is 1. The second-order valence-corrected chi connectivity index (χ2v) is 6.12. The fourth-order valence-corrected chi connectivity index (χ4v) is 2.90. The number of nitrogen functional groups attached to an aromatic ring is 1. The summed E-state index contributed by atoms with van der Waals surface area (Å²) in [4.78, 5) is 16.2. The smallest absolute Gasteiger partial charge is 0.234 e. The van der Waals surface area contributed by atoms with Gasteiger partial charge in [-0.25, -0.2) is 4.68 Å². The van der Waals surface area contributed by atoms with Crippen molar-refractivity contribution in [2.75, 3.05) is 23.5 Å². The molecule has 3 N–H and O–H groups in total. The molecule has 0 saturated carbocycles. The fourth-order valence-electron chi connectivity index (χ4n) is 2.24. The number of hydrogen-bond donors (Lipinski definition) is 2. The molecule has 0 atom stereocenters. The third kappa shape index (κ3) is 4.12. The molecule has 0 bridgehead atoms. The Labute approximate surface area is 154 Å². The van der Waals surface area contributed by atoms with Crippen LogP contribution in [0.4, 0.5) is 5.69 Å². The number of thioether (sulfide) groups is 1. The highest BCUT2D eigenvalue weighted by Crippen LogP contribution is 2.25. The third-order valence-corrected chi connectivity index (χ3v) is 4.34. The average molecular weight is 370 g/mol. The maximum atomic E-state index is 12.2. The first-order valence-corrected chi connectivity index (χ1v) is 8.93. The molecule has 0 unspecified atom stereocenters. The number of pyridine rings is 1. The minimum Gasteiger partial charge on any atom is -0.492 e. The quantitative estimate of drug-likeness (QED) is 0.485. The fraction of sp³-hybridized carbons (Fsp3) is 0.176. The van der Waals surface area contributed by atoms with Crippen molar-refractivity contribution in [2.45, 2.75) is 12.1 Å². The highest BCUT2D eigenvalue weighted by atomic mass is 32.2. The van der Waals surface area contributed by atoms with Crippen molar-refractivity contribution >= 4 is 23.4 Å². The monoisotopic (exact) mass is 370 g/mol. The Balaban J connectivity index is 1.63. The lowest BCUT2D eigenvalue weighted by Gasteiger charge is -2.11. The van der Waals surface area contributed by atoms with Gasteiger partial charge in [-0.2, -0.15) is 0 Å². The van der Waals surface area contributed by atoms with Crippen LogP contribution in [0.25, 0.3) is 11.4 Å². The molecule has 134 valence electrons. The number of nitrogens with zero attached hydrogens (tertiary/aromatic N) is 4. The maximum absolute atomic E-state index is 12.2. The first kappa shape index (κ1) is 17.7. The Morgan fingerprint density at radius 3 is 2.77 bits per heavy atom. The topological polar surface area (TPSA) is 108 Å². The molecule has 3 aromatic rings. The number of carbonyl (C=O) groups is 1. The molecule has 3 rings (SSSR count). The molecule has 26 heavy (non-hydrogen) atoms. The van der Waals surface area contributed by atoms with Crippen molar-refractivity contribution in [3.63, 3.8) is 0 Å². The van der Waals surface area contributed by atoms with Gasteiger partial charge in [-0.05, 0) is 31.2 Å². The van der Waals surface area contributed by atoms with Gasteiger partial charge in [-0.15, -0.1) is 10.2 Å². The van der Waals surface area contributed by atoms with E-state index in [-0.39, 0.29) is 11.7 Å². The number of benzene rings is 1. The van der Waals surface area contributed by atoms with Crippen molar-refractivity contribution in [1.82, 2.24) is 19.9 Å². The van der Waals surface area contributed by atoms with Crippen molar-refractivity contribution in [2.24, 2.45) is 0 Å². The predicted octanol–water partition coefficient (Wildman–Crippen LogP) is 2.18. The van der Waals surface area contributed by atoms with E-state index in [1.54, 1.807) is 30.6 Å². The van der Waals surface area contributed by atoms with Crippen molar-refractivity contribution in [3.8, 4) is 17.1 Å². The number of para-hydroxylation sites is 2. The molecule has 1 amide bonds. The van der Waals surface area contributed by atoms with E-state index in [0.29, 0.717) is 29.0 Å². The van der Waals surface area contributed by atoms with E-state index in [4.69, 9.17) is 10.6 Å². The molecule has 2 heterocycles. The number of ether oxygens (including phenoxy) is 1. The average Bonchev–Trinajstić information content (AvgIpc) is 3.03. The molecule has 9 heteroatoms. The van der Waals surface area contributed by atoms with Gasteiger partial charge in [0.05, 0.1) is 18.0 Å². The van der Waals surface area contributed by atoms with Crippen LogP contribution in [-0.4, -0.2) is 38.1 Å². The van der Waals surface area contributed by atoms with E-state index in [1.807, 2.05) is 25.1 Å². The van der Waals surface area contributed by atoms with Gasteiger partial charge in [-0.1, -0.05) is 23.9 Å². The summed E-state index contributed by atoms with van der Waals surface area (Å²) in [6.07, 6.45) is 3.31. The number of anilines is 1. The van der Waals surface area contributed by atoms with Crippen LogP contribution >= 0.6 is 11.8 Å². The zero-order valence-electron chi connectivity index (χ0n) is 14.1. The van der Waals surface area contributed by atoms with Crippen molar-refractivity contribution in [1.29, 1.82) is 0 Å². The lowest BCUT2D eigenvalue weighted by molar-refractivity contribution is -0.113. The van der Waals surface area contributed by atoms with Gasteiger partial charge in [-0.3, -0.25) is 9.78 Å². The number of nitrogens with one attached hydrogen (secondary N) is 1. The van der Waals surface area contributed by atoms with Gasteiger partial charge in [0.1, 0.15) is 5.75 Å². The Kier molecular flexibility index (Phi) is 5.69. The number of nitrogens with two attached hydrogens (primary N) is 1. The van der Waals surface area contributed by atoms with Gasteiger partial charge >= 0.3 is 0 Å². The molecule has 0 radical (unpaired) electrons. The highest BCUT2D eigenvalue weighted by Gasteiger charge is 2.14.